The topological polar surface area (TPSA) is 92.3 Å². The molecule has 0 aromatic heterocycles. The molecule has 0 aromatic rings. The molecule has 2 saturated carbocycles. The summed E-state index contributed by atoms with van der Waals surface area (Å²) < 4.78 is 0. The highest BCUT2D eigenvalue weighted by Crippen LogP contribution is 2.75. The van der Waals surface area contributed by atoms with Crippen LogP contribution in [0, 0.1) is 28.6 Å². The highest BCUT2D eigenvalue weighted by atomic mass is 79.9. The molecule has 0 saturated heterocycles. The van der Waals surface area contributed by atoms with Crippen LogP contribution < -0.4 is 10.6 Å². The van der Waals surface area contributed by atoms with E-state index in [1.807, 2.05) is 0 Å². The summed E-state index contributed by atoms with van der Waals surface area (Å²) in [7, 11) is 0. The van der Waals surface area contributed by atoms with Crippen molar-refractivity contribution in [3.8, 4) is 0 Å². The lowest BCUT2D eigenvalue weighted by atomic mass is 9.56. The van der Waals surface area contributed by atoms with Gasteiger partial charge < -0.3 is 0 Å². The number of hydrogen-bond donors (Lipinski definition) is 2. The molecular weight excluding hydrogens is 652 g/mol. The van der Waals surface area contributed by atoms with Crippen LogP contribution in [0.3, 0.4) is 0 Å². The number of alkyl halides is 4. The molecule has 30 heavy (non-hydrogen) atoms. The van der Waals surface area contributed by atoms with Gasteiger partial charge in [-0.05, 0) is 18.8 Å². The maximum atomic E-state index is 12.9. The van der Waals surface area contributed by atoms with Crippen molar-refractivity contribution in [1.82, 2.24) is 10.6 Å². The minimum atomic E-state index is -0.619. The third-order valence-corrected chi connectivity index (χ3v) is 15.1. The van der Waals surface area contributed by atoms with E-state index in [0.717, 1.165) is 0 Å². The predicted molar refractivity (Wildman–Crippen MR) is 121 cm³/mol. The highest BCUT2D eigenvalue weighted by molar-refractivity contribution is 9.12. The van der Waals surface area contributed by atoms with E-state index in [1.54, 1.807) is 0 Å². The average Bonchev–Trinajstić information content (AvgIpc) is 3.47. The van der Waals surface area contributed by atoms with Crippen molar-refractivity contribution in [3.05, 3.63) is 22.3 Å². The monoisotopic (exact) mass is 664 g/mol. The maximum Gasteiger partial charge on any atom is 0.255 e. The van der Waals surface area contributed by atoms with E-state index in [2.05, 4.69) is 81.3 Å². The molecule has 0 aromatic carbocycles. The van der Waals surface area contributed by atoms with Gasteiger partial charge in [0, 0.05) is 64.3 Å². The molecule has 2 heterocycles. The Labute approximate surface area is 205 Å². The van der Waals surface area contributed by atoms with Crippen molar-refractivity contribution in [2.24, 2.45) is 28.6 Å². The molecule has 2 fully saturated rings. The Bertz CT molecular complexity index is 987. The number of imide groups is 2. The zero-order chi connectivity index (χ0) is 21.5. The van der Waals surface area contributed by atoms with E-state index >= 15 is 0 Å². The normalized spacial score (nSPS) is 49.2. The van der Waals surface area contributed by atoms with Crippen LogP contribution in [0.2, 0.25) is 0 Å². The van der Waals surface area contributed by atoms with Crippen LogP contribution in [0.4, 0.5) is 0 Å². The quantitative estimate of drug-likeness (QED) is 0.350. The summed E-state index contributed by atoms with van der Waals surface area (Å²) in [5.74, 6) is -1.52. The van der Waals surface area contributed by atoms with Crippen molar-refractivity contribution in [3.63, 3.8) is 0 Å². The fourth-order valence-corrected chi connectivity index (χ4v) is 11.7. The summed E-state index contributed by atoms with van der Waals surface area (Å²) >= 11 is 15.3. The highest BCUT2D eigenvalue weighted by Gasteiger charge is 2.75. The SMILES string of the molecule is CC(C12CC(C3=C1C(=O)NC3=O)C(Br)C2Br)C12CC(C3=C1C(=O)NC3=O)C(Br)C2Br. The third-order valence-electron chi connectivity index (χ3n) is 8.58. The first-order valence-corrected chi connectivity index (χ1v) is 13.5. The molecule has 0 spiro atoms. The van der Waals surface area contributed by atoms with Crippen molar-refractivity contribution >= 4 is 87.3 Å². The van der Waals surface area contributed by atoms with Crippen LogP contribution in [0.25, 0.3) is 0 Å². The lowest BCUT2D eigenvalue weighted by Gasteiger charge is -2.50. The Balaban J connectivity index is 1.59. The van der Waals surface area contributed by atoms with Gasteiger partial charge in [-0.2, -0.15) is 0 Å². The molecule has 4 bridgehead atoms. The lowest BCUT2D eigenvalue weighted by molar-refractivity contribution is -0.126. The van der Waals surface area contributed by atoms with Gasteiger partial charge in [0.05, 0.1) is 0 Å². The van der Waals surface area contributed by atoms with Crippen LogP contribution in [-0.2, 0) is 19.2 Å². The van der Waals surface area contributed by atoms with Crippen molar-refractivity contribution < 1.29 is 19.2 Å². The summed E-state index contributed by atoms with van der Waals surface area (Å²) in [5.41, 5.74) is 1.10. The number of amides is 4. The van der Waals surface area contributed by atoms with Gasteiger partial charge in [0.25, 0.3) is 23.6 Å². The summed E-state index contributed by atoms with van der Waals surface area (Å²) in [6, 6.07) is 0. The number of fused-ring (bicyclic) bond motifs is 8. The molecular formula is C20H16Br4N2O4. The van der Waals surface area contributed by atoms with Crippen LogP contribution in [0.1, 0.15) is 19.8 Å². The zero-order valence-corrected chi connectivity index (χ0v) is 21.9. The largest absolute Gasteiger partial charge is 0.289 e. The first kappa shape index (κ1) is 20.3. The molecule has 0 radical (unpaired) electrons. The molecule has 2 aliphatic heterocycles. The lowest BCUT2D eigenvalue weighted by Crippen LogP contribution is -2.52. The van der Waals surface area contributed by atoms with Gasteiger partial charge in [0.15, 0.2) is 0 Å². The molecule has 8 unspecified atom stereocenters. The third kappa shape index (κ3) is 1.91. The van der Waals surface area contributed by atoms with Crippen molar-refractivity contribution in [2.75, 3.05) is 0 Å². The molecule has 8 atom stereocenters. The number of nitrogens with one attached hydrogen (secondary N) is 2. The number of rotatable bonds is 2. The van der Waals surface area contributed by atoms with Gasteiger partial charge >= 0.3 is 0 Å². The minimum absolute atomic E-state index is 0.00591. The van der Waals surface area contributed by atoms with E-state index in [-0.39, 0.29) is 60.7 Å². The van der Waals surface area contributed by atoms with E-state index in [1.165, 1.54) is 0 Å². The zero-order valence-electron chi connectivity index (χ0n) is 15.6. The van der Waals surface area contributed by atoms with Gasteiger partial charge in [0.1, 0.15) is 0 Å². The Morgan fingerprint density at radius 2 is 1.10 bits per heavy atom. The second kappa shape index (κ2) is 5.97. The molecule has 2 N–H and O–H groups in total. The molecule has 10 heteroatoms. The number of halogens is 4. The summed E-state index contributed by atoms with van der Waals surface area (Å²) in [6.07, 6.45) is 1.34. The predicted octanol–water partition coefficient (Wildman–Crippen LogP) is 2.62. The number of carbonyl (C=O) groups is 4. The maximum absolute atomic E-state index is 12.9. The Hall–Kier alpha value is -0.320. The number of carbonyl (C=O) groups excluding carboxylic acids is 4. The van der Waals surface area contributed by atoms with Gasteiger partial charge in [-0.15, -0.1) is 0 Å². The fourth-order valence-electron chi connectivity index (χ4n) is 7.45. The molecule has 6 aliphatic rings. The van der Waals surface area contributed by atoms with Crippen molar-refractivity contribution in [1.29, 1.82) is 0 Å². The standard InChI is InChI=1S/C20H16Br4N2O4/c1-4(19-2-5(11(21)13(19)23)7-9(19)17(29)25-15(7)27)20-3-6(12(22)14(20)24)8-10(20)18(30)26-16(8)28/h4-6,11-14H,2-3H2,1H3,(H,25,27,29)(H,26,28,30). The van der Waals surface area contributed by atoms with E-state index < -0.39 is 10.8 Å². The van der Waals surface area contributed by atoms with E-state index in [4.69, 9.17) is 0 Å². The molecule has 4 amide bonds. The second-order valence-electron chi connectivity index (χ2n) is 9.26. The van der Waals surface area contributed by atoms with E-state index in [9.17, 15) is 19.2 Å². The second-order valence-corrected chi connectivity index (χ2v) is 13.3. The average molecular weight is 668 g/mol. The van der Waals surface area contributed by atoms with Gasteiger partial charge in [-0.25, -0.2) is 0 Å². The number of hydrogen-bond acceptors (Lipinski definition) is 4. The van der Waals surface area contributed by atoms with Crippen LogP contribution >= 0.6 is 63.7 Å². The summed E-state index contributed by atoms with van der Waals surface area (Å²) in [5, 5.41) is 4.99. The van der Waals surface area contributed by atoms with Gasteiger partial charge in [-0.1, -0.05) is 70.6 Å². The Morgan fingerprint density at radius 3 is 1.47 bits per heavy atom. The Kier molecular flexibility index (Phi) is 4.04. The summed E-state index contributed by atoms with van der Waals surface area (Å²) in [4.78, 5) is 50.9. The van der Waals surface area contributed by atoms with Gasteiger partial charge in [-0.3, -0.25) is 29.8 Å². The fraction of sp³-hybridized carbons (Fsp3) is 0.600. The van der Waals surface area contributed by atoms with Crippen LogP contribution in [0.15, 0.2) is 22.3 Å². The molecule has 6 nitrogen and oxygen atoms in total. The van der Waals surface area contributed by atoms with Crippen LogP contribution in [0.5, 0.6) is 0 Å². The smallest absolute Gasteiger partial charge is 0.255 e. The first-order chi connectivity index (χ1) is 14.1. The van der Waals surface area contributed by atoms with Crippen LogP contribution in [-0.4, -0.2) is 42.9 Å². The molecule has 4 aliphatic carbocycles. The Morgan fingerprint density at radius 1 is 0.733 bits per heavy atom. The van der Waals surface area contributed by atoms with E-state index in [0.29, 0.717) is 35.1 Å². The minimum Gasteiger partial charge on any atom is -0.289 e. The summed E-state index contributed by atoms with van der Waals surface area (Å²) in [6.45, 7) is 2.09. The van der Waals surface area contributed by atoms with Gasteiger partial charge in [0.2, 0.25) is 0 Å². The molecule has 158 valence electrons. The molecule has 6 rings (SSSR count). The first-order valence-electron chi connectivity index (χ1n) is 9.86. The van der Waals surface area contributed by atoms with Crippen molar-refractivity contribution in [2.45, 2.75) is 39.1 Å².